The molecule has 0 aromatic carbocycles. The number of aliphatic carboxylic acids is 1. The maximum Gasteiger partial charge on any atom is 0.310 e. The highest BCUT2D eigenvalue weighted by molar-refractivity contribution is 5.75. The Morgan fingerprint density at radius 3 is 2.94 bits per heavy atom. The van der Waals surface area contributed by atoms with E-state index in [9.17, 15) is 9.90 Å². The van der Waals surface area contributed by atoms with Crippen LogP contribution in [0.15, 0.2) is 0 Å². The average Bonchev–Trinajstić information content (AvgIpc) is 2.83. The SMILES string of the molecule is O=C(O)C1(CCCC2CCCO2)CCCNC1. The van der Waals surface area contributed by atoms with Crippen molar-refractivity contribution < 1.29 is 14.6 Å². The number of nitrogens with one attached hydrogen (secondary N) is 1. The molecule has 0 bridgehead atoms. The van der Waals surface area contributed by atoms with E-state index >= 15 is 0 Å². The molecular formula is C13H23NO3. The number of rotatable bonds is 5. The Bertz CT molecular complexity index is 255. The first-order valence-corrected chi connectivity index (χ1v) is 6.79. The van der Waals surface area contributed by atoms with Crippen molar-refractivity contribution >= 4 is 5.97 Å². The first kappa shape index (κ1) is 12.8. The normalized spacial score (nSPS) is 33.8. The van der Waals surface area contributed by atoms with Crippen LogP contribution in [-0.4, -0.2) is 36.9 Å². The molecule has 17 heavy (non-hydrogen) atoms. The van der Waals surface area contributed by atoms with Gasteiger partial charge in [0.1, 0.15) is 0 Å². The molecule has 4 heteroatoms. The Morgan fingerprint density at radius 1 is 1.47 bits per heavy atom. The lowest BCUT2D eigenvalue weighted by Gasteiger charge is -2.34. The smallest absolute Gasteiger partial charge is 0.310 e. The van der Waals surface area contributed by atoms with Gasteiger partial charge in [0.15, 0.2) is 0 Å². The minimum Gasteiger partial charge on any atom is -0.481 e. The minimum atomic E-state index is -0.628. The van der Waals surface area contributed by atoms with Crippen LogP contribution < -0.4 is 5.32 Å². The van der Waals surface area contributed by atoms with E-state index in [1.807, 2.05) is 0 Å². The molecule has 2 atom stereocenters. The Labute approximate surface area is 103 Å². The summed E-state index contributed by atoms with van der Waals surface area (Å²) < 4.78 is 5.57. The van der Waals surface area contributed by atoms with Crippen molar-refractivity contribution in [2.24, 2.45) is 5.41 Å². The topological polar surface area (TPSA) is 58.6 Å². The fourth-order valence-electron chi connectivity index (χ4n) is 3.01. The van der Waals surface area contributed by atoms with Gasteiger partial charge in [0.25, 0.3) is 0 Å². The molecule has 2 aliphatic rings. The van der Waals surface area contributed by atoms with Gasteiger partial charge in [-0.3, -0.25) is 4.79 Å². The molecule has 4 nitrogen and oxygen atoms in total. The van der Waals surface area contributed by atoms with Crippen molar-refractivity contribution in [2.75, 3.05) is 19.7 Å². The third kappa shape index (κ3) is 3.19. The van der Waals surface area contributed by atoms with Gasteiger partial charge in [0, 0.05) is 13.2 Å². The van der Waals surface area contributed by atoms with E-state index in [1.165, 1.54) is 0 Å². The van der Waals surface area contributed by atoms with Crippen LogP contribution in [0.25, 0.3) is 0 Å². The molecule has 0 amide bonds. The second-order valence-corrected chi connectivity index (χ2v) is 5.39. The number of hydrogen-bond donors (Lipinski definition) is 2. The first-order chi connectivity index (χ1) is 8.23. The number of ether oxygens (including phenoxy) is 1. The predicted molar refractivity (Wildman–Crippen MR) is 65.0 cm³/mol. The van der Waals surface area contributed by atoms with Crippen LogP contribution in [0.2, 0.25) is 0 Å². The fraction of sp³-hybridized carbons (Fsp3) is 0.923. The Balaban J connectivity index is 1.78. The first-order valence-electron chi connectivity index (χ1n) is 6.79. The summed E-state index contributed by atoms with van der Waals surface area (Å²) >= 11 is 0. The summed E-state index contributed by atoms with van der Waals surface area (Å²) in [5.74, 6) is -0.628. The third-order valence-electron chi connectivity index (χ3n) is 4.13. The molecule has 2 N–H and O–H groups in total. The second kappa shape index (κ2) is 5.83. The molecule has 0 spiro atoms. The van der Waals surface area contributed by atoms with E-state index in [-0.39, 0.29) is 0 Å². The van der Waals surface area contributed by atoms with Crippen molar-refractivity contribution in [3.8, 4) is 0 Å². The molecule has 0 aromatic heterocycles. The zero-order valence-electron chi connectivity index (χ0n) is 10.4. The molecule has 0 radical (unpaired) electrons. The van der Waals surface area contributed by atoms with Gasteiger partial charge in [-0.25, -0.2) is 0 Å². The van der Waals surface area contributed by atoms with E-state index < -0.39 is 11.4 Å². The van der Waals surface area contributed by atoms with Gasteiger partial charge >= 0.3 is 5.97 Å². The number of hydrogen-bond acceptors (Lipinski definition) is 3. The van der Waals surface area contributed by atoms with Crippen LogP contribution in [0.4, 0.5) is 0 Å². The highest BCUT2D eigenvalue weighted by Gasteiger charge is 2.39. The number of carboxylic acids is 1. The summed E-state index contributed by atoms with van der Waals surface area (Å²) in [6.07, 6.45) is 7.28. The zero-order chi connectivity index (χ0) is 12.1. The van der Waals surface area contributed by atoms with Crippen LogP contribution in [0.1, 0.15) is 44.9 Å². The van der Waals surface area contributed by atoms with Crippen molar-refractivity contribution in [3.05, 3.63) is 0 Å². The van der Waals surface area contributed by atoms with Crippen molar-refractivity contribution in [1.29, 1.82) is 0 Å². The van der Waals surface area contributed by atoms with Gasteiger partial charge in [-0.2, -0.15) is 0 Å². The second-order valence-electron chi connectivity index (χ2n) is 5.39. The quantitative estimate of drug-likeness (QED) is 0.770. The number of carbonyl (C=O) groups is 1. The Morgan fingerprint density at radius 2 is 2.35 bits per heavy atom. The standard InChI is InChI=1S/C13H23NO3/c15-12(16)13(7-3-8-14-10-13)6-1-4-11-5-2-9-17-11/h11,14H,1-10H2,(H,15,16). The van der Waals surface area contributed by atoms with Crippen LogP contribution in [0, 0.1) is 5.41 Å². The van der Waals surface area contributed by atoms with Crippen LogP contribution in [0.3, 0.4) is 0 Å². The van der Waals surface area contributed by atoms with Crippen LogP contribution >= 0.6 is 0 Å². The average molecular weight is 241 g/mol. The maximum absolute atomic E-state index is 11.4. The van der Waals surface area contributed by atoms with E-state index in [2.05, 4.69) is 5.32 Å². The molecular weight excluding hydrogens is 218 g/mol. The minimum absolute atomic E-state index is 0.386. The van der Waals surface area contributed by atoms with E-state index in [4.69, 9.17) is 4.74 Å². The Kier molecular flexibility index (Phi) is 4.40. The summed E-state index contributed by atoms with van der Waals surface area (Å²) in [6.45, 7) is 2.48. The largest absolute Gasteiger partial charge is 0.481 e. The van der Waals surface area contributed by atoms with Gasteiger partial charge in [-0.05, 0) is 51.5 Å². The molecule has 2 saturated heterocycles. The van der Waals surface area contributed by atoms with Crippen molar-refractivity contribution in [1.82, 2.24) is 5.32 Å². The van der Waals surface area contributed by atoms with E-state index in [0.717, 1.165) is 58.1 Å². The lowest BCUT2D eigenvalue weighted by molar-refractivity contribution is -0.150. The molecule has 98 valence electrons. The summed E-state index contributed by atoms with van der Waals surface area (Å²) in [5, 5.41) is 12.6. The van der Waals surface area contributed by atoms with E-state index in [0.29, 0.717) is 12.6 Å². The summed E-state index contributed by atoms with van der Waals surface area (Å²) in [4.78, 5) is 11.4. The lowest BCUT2D eigenvalue weighted by atomic mass is 9.76. The maximum atomic E-state index is 11.4. The third-order valence-corrected chi connectivity index (χ3v) is 4.13. The van der Waals surface area contributed by atoms with Gasteiger partial charge < -0.3 is 15.2 Å². The van der Waals surface area contributed by atoms with Crippen molar-refractivity contribution in [2.45, 2.75) is 51.0 Å². The van der Waals surface area contributed by atoms with E-state index in [1.54, 1.807) is 0 Å². The molecule has 2 heterocycles. The van der Waals surface area contributed by atoms with Crippen LogP contribution in [0.5, 0.6) is 0 Å². The summed E-state index contributed by atoms with van der Waals surface area (Å²) in [6, 6.07) is 0. The monoisotopic (exact) mass is 241 g/mol. The van der Waals surface area contributed by atoms with Gasteiger partial charge in [-0.1, -0.05) is 0 Å². The molecule has 0 saturated carbocycles. The molecule has 0 aromatic rings. The van der Waals surface area contributed by atoms with Gasteiger partial charge in [0.2, 0.25) is 0 Å². The molecule has 2 rings (SSSR count). The predicted octanol–water partition coefficient (Wildman–Crippen LogP) is 1.79. The summed E-state index contributed by atoms with van der Waals surface area (Å²) in [7, 11) is 0. The van der Waals surface area contributed by atoms with Crippen LogP contribution in [-0.2, 0) is 9.53 Å². The number of carboxylic acid groups (broad SMARTS) is 1. The summed E-state index contributed by atoms with van der Waals surface area (Å²) in [5.41, 5.74) is -0.517. The molecule has 0 aliphatic carbocycles. The van der Waals surface area contributed by atoms with Gasteiger partial charge in [-0.15, -0.1) is 0 Å². The number of piperidine rings is 1. The molecule has 2 unspecified atom stereocenters. The van der Waals surface area contributed by atoms with Crippen molar-refractivity contribution in [3.63, 3.8) is 0 Å². The lowest BCUT2D eigenvalue weighted by Crippen LogP contribution is -2.45. The van der Waals surface area contributed by atoms with Gasteiger partial charge in [0.05, 0.1) is 11.5 Å². The highest BCUT2D eigenvalue weighted by Crippen LogP contribution is 2.33. The Hall–Kier alpha value is -0.610. The fourth-order valence-corrected chi connectivity index (χ4v) is 3.01. The molecule has 2 fully saturated rings. The molecule has 2 aliphatic heterocycles. The zero-order valence-corrected chi connectivity index (χ0v) is 10.4. The highest BCUT2D eigenvalue weighted by atomic mass is 16.5.